The number of fused-ring (bicyclic) bond motifs is 1. The molecule has 1 aromatic heterocycles. The lowest BCUT2D eigenvalue weighted by atomic mass is 9.89. The lowest BCUT2D eigenvalue weighted by Gasteiger charge is -2.52. The molecule has 24 heavy (non-hydrogen) atoms. The number of hydrogen-bond donors (Lipinski definition) is 4. The fraction of sp³-hybridized carbons (Fsp3) is 0.583. The van der Waals surface area contributed by atoms with Crippen molar-refractivity contribution < 1.29 is 19.8 Å². The molecule has 2 saturated heterocycles. The predicted molar refractivity (Wildman–Crippen MR) is 88.8 cm³/mol. The smallest absolute Gasteiger partial charge is 0.335 e. The van der Waals surface area contributed by atoms with Gasteiger partial charge in [-0.25, -0.2) is 0 Å². The zero-order valence-electron chi connectivity index (χ0n) is 12.7. The number of nitrogens with zero attached hydrogens (tertiary/aromatic N) is 4. The van der Waals surface area contributed by atoms with Gasteiger partial charge in [0.05, 0.1) is 0 Å². The van der Waals surface area contributed by atoms with Gasteiger partial charge in [0.1, 0.15) is 23.2 Å². The van der Waals surface area contributed by atoms with Crippen molar-refractivity contribution in [2.45, 2.75) is 11.4 Å². The molecule has 1 amide bonds. The molecule has 2 aliphatic rings. The van der Waals surface area contributed by atoms with Crippen LogP contribution in [0.5, 0.6) is 5.88 Å². The Morgan fingerprint density at radius 1 is 1.58 bits per heavy atom. The number of thioether (sulfide) groups is 1. The minimum atomic E-state index is -0.917. The lowest BCUT2D eigenvalue weighted by molar-refractivity contribution is -0.155. The number of amides is 1. The molecule has 0 aromatic carbocycles. The number of nitrogens with two attached hydrogens (primary N) is 1. The van der Waals surface area contributed by atoms with Gasteiger partial charge in [0.2, 0.25) is 5.91 Å². The van der Waals surface area contributed by atoms with Crippen molar-refractivity contribution in [1.82, 2.24) is 19.7 Å². The lowest BCUT2D eigenvalue weighted by Crippen LogP contribution is -2.72. The molecule has 3 rings (SSSR count). The highest BCUT2D eigenvalue weighted by molar-refractivity contribution is 8.00. The van der Waals surface area contributed by atoms with Gasteiger partial charge in [-0.15, -0.1) is 16.9 Å². The van der Waals surface area contributed by atoms with Crippen LogP contribution >= 0.6 is 24.4 Å². The fourth-order valence-corrected chi connectivity index (χ4v) is 4.22. The van der Waals surface area contributed by atoms with E-state index in [1.807, 2.05) is 0 Å². The van der Waals surface area contributed by atoms with Crippen LogP contribution < -0.4 is 11.3 Å². The number of hydrogen-bond acceptors (Lipinski definition) is 9. The topological polar surface area (TPSA) is 152 Å². The monoisotopic (exact) mass is 375 g/mol. The van der Waals surface area contributed by atoms with Crippen molar-refractivity contribution in [2.24, 2.45) is 18.2 Å². The summed E-state index contributed by atoms with van der Waals surface area (Å²) < 4.78 is 1.25. The maximum Gasteiger partial charge on any atom is 0.335 e. The number of carbonyl (C=O) groups excluding carboxylic acids is 1. The quantitative estimate of drug-likeness (QED) is 0.343. The molecule has 0 radical (unpaired) electrons. The largest absolute Gasteiger partial charge is 0.488 e. The Morgan fingerprint density at radius 2 is 2.25 bits per heavy atom. The average molecular weight is 375 g/mol. The number of β-lactam (4-membered cyclic amide) rings is 1. The fourth-order valence-electron chi connectivity index (χ4n) is 2.23. The SMILES string of the molecule is Cn1cnc(=O)c(O)n1.NC1C(=O)N2CC(CS)(C(=O)O)CS[C@H]12. The van der Waals surface area contributed by atoms with E-state index in [0.29, 0.717) is 5.75 Å². The summed E-state index contributed by atoms with van der Waals surface area (Å²) in [6.07, 6.45) is 1.22. The summed E-state index contributed by atoms with van der Waals surface area (Å²) >= 11 is 5.51. The first-order chi connectivity index (χ1) is 11.2. The summed E-state index contributed by atoms with van der Waals surface area (Å²) in [5.74, 6) is -0.911. The summed E-state index contributed by atoms with van der Waals surface area (Å²) in [6, 6.07) is -0.457. The maximum absolute atomic E-state index is 11.4. The Labute approximate surface area is 146 Å². The van der Waals surface area contributed by atoms with Crippen molar-refractivity contribution in [3.63, 3.8) is 0 Å². The number of aryl methyl sites for hydroxylation is 1. The van der Waals surface area contributed by atoms with Crippen molar-refractivity contribution >= 4 is 36.3 Å². The van der Waals surface area contributed by atoms with Crippen LogP contribution in [-0.2, 0) is 16.6 Å². The van der Waals surface area contributed by atoms with Crippen LogP contribution in [0.4, 0.5) is 0 Å². The third-order valence-corrected chi connectivity index (χ3v) is 5.94. The predicted octanol–water partition coefficient (Wildman–Crippen LogP) is -1.89. The molecule has 132 valence electrons. The second-order valence-electron chi connectivity index (χ2n) is 5.48. The zero-order valence-corrected chi connectivity index (χ0v) is 14.4. The number of aromatic nitrogens is 3. The van der Waals surface area contributed by atoms with Crippen molar-refractivity contribution in [3.05, 3.63) is 16.7 Å². The molecular formula is C12H17N5O5S2. The number of carboxylic acids is 1. The first kappa shape index (κ1) is 18.5. The number of carboxylic acid groups (broad SMARTS) is 1. The van der Waals surface area contributed by atoms with Crippen molar-refractivity contribution in [3.8, 4) is 5.88 Å². The van der Waals surface area contributed by atoms with Crippen LogP contribution in [0.1, 0.15) is 0 Å². The number of carbonyl (C=O) groups is 2. The van der Waals surface area contributed by atoms with Gasteiger partial charge in [0.25, 0.3) is 5.88 Å². The highest BCUT2D eigenvalue weighted by Gasteiger charge is 2.55. The standard InChI is InChI=1S/C8H12N2O3S2.C4H5N3O2/c9-4-5(11)10-1-8(2-14,7(12)13)3-15-6(4)10;1-7-2-5-3(8)4(9)6-7/h4,6,14H,1-3,9H2,(H,12,13);2H,1H3,(H,6,9)/t4?,6-,8?;/m1./s1. The van der Waals surface area contributed by atoms with E-state index < -0.39 is 28.9 Å². The summed E-state index contributed by atoms with van der Waals surface area (Å²) in [5.41, 5.74) is 3.99. The van der Waals surface area contributed by atoms with Crippen LogP contribution in [-0.4, -0.2) is 71.2 Å². The Hall–Kier alpha value is -1.79. The number of aliphatic carboxylic acids is 1. The van der Waals surface area contributed by atoms with E-state index in [9.17, 15) is 14.4 Å². The first-order valence-electron chi connectivity index (χ1n) is 6.83. The number of rotatable bonds is 2. The highest BCUT2D eigenvalue weighted by Crippen LogP contribution is 2.41. The van der Waals surface area contributed by atoms with Crippen LogP contribution in [0.15, 0.2) is 11.1 Å². The molecule has 0 aliphatic carbocycles. The normalized spacial score (nSPS) is 28.3. The van der Waals surface area contributed by atoms with E-state index in [-0.39, 0.29) is 23.6 Å². The summed E-state index contributed by atoms with van der Waals surface area (Å²) in [4.78, 5) is 37.7. The molecule has 2 fully saturated rings. The third kappa shape index (κ3) is 3.35. The molecule has 12 heteroatoms. The molecule has 4 N–H and O–H groups in total. The van der Waals surface area contributed by atoms with E-state index in [2.05, 4.69) is 22.7 Å². The Morgan fingerprint density at radius 3 is 2.75 bits per heavy atom. The first-order valence-corrected chi connectivity index (χ1v) is 8.51. The van der Waals surface area contributed by atoms with Gasteiger partial charge in [-0.05, 0) is 0 Å². The molecule has 3 atom stereocenters. The Balaban J connectivity index is 0.000000198. The summed E-state index contributed by atoms with van der Waals surface area (Å²) in [7, 11) is 1.56. The van der Waals surface area contributed by atoms with Crippen LogP contribution in [0.2, 0.25) is 0 Å². The Bertz CT molecular complexity index is 713. The molecule has 0 bridgehead atoms. The molecule has 3 heterocycles. The van der Waals surface area contributed by atoms with Gasteiger partial charge >= 0.3 is 11.5 Å². The molecule has 2 unspecified atom stereocenters. The second kappa shape index (κ2) is 6.99. The molecule has 1 aromatic rings. The molecule has 10 nitrogen and oxygen atoms in total. The number of thiol groups is 1. The van der Waals surface area contributed by atoms with Crippen LogP contribution in [0, 0.1) is 5.41 Å². The van der Waals surface area contributed by atoms with Crippen LogP contribution in [0.3, 0.4) is 0 Å². The summed E-state index contributed by atoms with van der Waals surface area (Å²) in [6.45, 7) is 0.232. The molecule has 2 aliphatic heterocycles. The van der Waals surface area contributed by atoms with Gasteiger partial charge in [-0.3, -0.25) is 19.1 Å². The molecular weight excluding hydrogens is 358 g/mol. The van der Waals surface area contributed by atoms with Gasteiger partial charge in [-0.2, -0.15) is 17.6 Å². The number of aromatic hydroxyl groups is 1. The van der Waals surface area contributed by atoms with Gasteiger partial charge in [-0.1, -0.05) is 0 Å². The van der Waals surface area contributed by atoms with E-state index >= 15 is 0 Å². The average Bonchev–Trinajstić information content (AvgIpc) is 2.57. The van der Waals surface area contributed by atoms with E-state index in [1.54, 1.807) is 11.9 Å². The van der Waals surface area contributed by atoms with Crippen molar-refractivity contribution in [1.29, 1.82) is 0 Å². The Kier molecular flexibility index (Phi) is 5.40. The van der Waals surface area contributed by atoms with Gasteiger partial charge in [0, 0.05) is 25.1 Å². The van der Waals surface area contributed by atoms with E-state index in [4.69, 9.17) is 15.9 Å². The maximum atomic E-state index is 11.4. The van der Waals surface area contributed by atoms with Gasteiger partial charge in [0.15, 0.2) is 0 Å². The third-order valence-electron chi connectivity index (χ3n) is 3.73. The minimum absolute atomic E-state index is 0.0372. The summed E-state index contributed by atoms with van der Waals surface area (Å²) in [5, 5.41) is 21.1. The van der Waals surface area contributed by atoms with E-state index in [0.717, 1.165) is 0 Å². The highest BCUT2D eigenvalue weighted by atomic mass is 32.2. The van der Waals surface area contributed by atoms with Crippen LogP contribution in [0.25, 0.3) is 0 Å². The molecule has 0 saturated carbocycles. The van der Waals surface area contributed by atoms with Crippen molar-refractivity contribution in [2.75, 3.05) is 18.1 Å². The zero-order chi connectivity index (χ0) is 18.1. The minimum Gasteiger partial charge on any atom is -0.488 e. The van der Waals surface area contributed by atoms with Gasteiger partial charge < -0.3 is 20.8 Å². The second-order valence-corrected chi connectivity index (χ2v) is 6.91. The molecule has 0 spiro atoms. The van der Waals surface area contributed by atoms with E-state index in [1.165, 1.54) is 22.8 Å².